The second-order valence-corrected chi connectivity index (χ2v) is 1.85. The molecule has 0 fully saturated rings. The van der Waals surface area contributed by atoms with Crippen molar-refractivity contribution in [3.8, 4) is 6.07 Å². The van der Waals surface area contributed by atoms with Gasteiger partial charge in [0.1, 0.15) is 13.7 Å². The van der Waals surface area contributed by atoms with Crippen molar-refractivity contribution in [1.29, 1.82) is 5.26 Å². The van der Waals surface area contributed by atoms with Crippen LogP contribution in [0.2, 0.25) is 0 Å². The molecule has 3 heteroatoms. The number of halogens is 1. The molecule has 1 nitrogen and oxygen atoms in total. The van der Waals surface area contributed by atoms with Gasteiger partial charge in [0.25, 0.3) is 0 Å². The standard InChI is InChI=1S/C7H3BFN/c8-6-2-1-5(4-10)3-7(6)9/h1-3H. The van der Waals surface area contributed by atoms with E-state index < -0.39 is 5.82 Å². The fraction of sp³-hybridized carbons (Fsp3) is 0. The summed E-state index contributed by atoms with van der Waals surface area (Å²) in [6.07, 6.45) is 0. The SMILES string of the molecule is [B]c1ccc(C#N)cc1F. The first-order valence-electron chi connectivity index (χ1n) is 2.69. The van der Waals surface area contributed by atoms with Crippen molar-refractivity contribution in [2.24, 2.45) is 0 Å². The van der Waals surface area contributed by atoms with Gasteiger partial charge in [-0.05, 0) is 12.1 Å². The Balaban J connectivity index is 3.20. The molecule has 0 bridgehead atoms. The van der Waals surface area contributed by atoms with Gasteiger partial charge in [0, 0.05) is 0 Å². The van der Waals surface area contributed by atoms with E-state index in [1.807, 2.05) is 0 Å². The van der Waals surface area contributed by atoms with Crippen molar-refractivity contribution in [2.75, 3.05) is 0 Å². The molecular weight excluding hydrogens is 128 g/mol. The molecule has 0 aromatic heterocycles. The van der Waals surface area contributed by atoms with Gasteiger partial charge in [-0.1, -0.05) is 11.5 Å². The molecule has 0 amide bonds. The zero-order chi connectivity index (χ0) is 7.56. The molecule has 0 aliphatic carbocycles. The van der Waals surface area contributed by atoms with Crippen LogP contribution in [0.25, 0.3) is 0 Å². The Labute approximate surface area is 59.5 Å². The maximum Gasteiger partial charge on any atom is 0.117 e. The van der Waals surface area contributed by atoms with E-state index in [9.17, 15) is 4.39 Å². The quantitative estimate of drug-likeness (QED) is 0.470. The van der Waals surface area contributed by atoms with Crippen LogP contribution >= 0.6 is 0 Å². The predicted molar refractivity (Wildman–Crippen MR) is 36.5 cm³/mol. The molecule has 0 aliphatic heterocycles. The molecule has 0 heterocycles. The van der Waals surface area contributed by atoms with Crippen LogP contribution in [0.4, 0.5) is 4.39 Å². The van der Waals surface area contributed by atoms with Gasteiger partial charge in [0.15, 0.2) is 0 Å². The number of benzene rings is 1. The zero-order valence-electron chi connectivity index (χ0n) is 5.13. The molecule has 0 unspecified atom stereocenters. The van der Waals surface area contributed by atoms with Crippen LogP contribution in [0.1, 0.15) is 5.56 Å². The Bertz CT molecular complexity index is 290. The van der Waals surface area contributed by atoms with Crippen LogP contribution in [0.5, 0.6) is 0 Å². The Morgan fingerprint density at radius 2 is 2.20 bits per heavy atom. The van der Waals surface area contributed by atoms with Crippen molar-refractivity contribution in [3.63, 3.8) is 0 Å². The van der Waals surface area contributed by atoms with Crippen molar-refractivity contribution < 1.29 is 4.39 Å². The lowest BCUT2D eigenvalue weighted by Crippen LogP contribution is -2.07. The Kier molecular flexibility index (Phi) is 1.72. The fourth-order valence-electron chi connectivity index (χ4n) is 0.597. The molecule has 1 aromatic carbocycles. The van der Waals surface area contributed by atoms with E-state index in [1.165, 1.54) is 12.1 Å². The van der Waals surface area contributed by atoms with Crippen LogP contribution in [0, 0.1) is 17.1 Å². The predicted octanol–water partition coefficient (Wildman–Crippen LogP) is 0.491. The summed E-state index contributed by atoms with van der Waals surface area (Å²) in [6, 6.07) is 5.75. The van der Waals surface area contributed by atoms with Crippen molar-refractivity contribution >= 4 is 13.3 Å². The van der Waals surface area contributed by atoms with Crippen LogP contribution in [-0.4, -0.2) is 7.85 Å². The zero-order valence-corrected chi connectivity index (χ0v) is 5.13. The molecule has 2 radical (unpaired) electrons. The second-order valence-electron chi connectivity index (χ2n) is 1.85. The molecule has 0 saturated heterocycles. The Morgan fingerprint density at radius 1 is 1.50 bits per heavy atom. The molecule has 1 rings (SSSR count). The highest BCUT2D eigenvalue weighted by Crippen LogP contribution is 1.97. The molecule has 0 spiro atoms. The summed E-state index contributed by atoms with van der Waals surface area (Å²) in [7, 11) is 5.16. The first kappa shape index (κ1) is 6.82. The van der Waals surface area contributed by atoms with Gasteiger partial charge in [-0.2, -0.15) is 5.26 Å². The fourth-order valence-corrected chi connectivity index (χ4v) is 0.597. The van der Waals surface area contributed by atoms with Crippen LogP contribution in [0.15, 0.2) is 18.2 Å². The topological polar surface area (TPSA) is 23.8 Å². The normalized spacial score (nSPS) is 8.80. The summed E-state index contributed by atoms with van der Waals surface area (Å²) in [5.41, 5.74) is 0.353. The molecule has 10 heavy (non-hydrogen) atoms. The third kappa shape index (κ3) is 1.16. The molecule has 46 valence electrons. The van der Waals surface area contributed by atoms with Gasteiger partial charge in [-0.15, -0.1) is 0 Å². The lowest BCUT2D eigenvalue weighted by atomic mass is 9.95. The molecule has 0 atom stereocenters. The van der Waals surface area contributed by atoms with E-state index in [0.29, 0.717) is 0 Å². The summed E-state index contributed by atoms with van der Waals surface area (Å²) in [5, 5.41) is 8.30. The molecular formula is C7H3BFN. The smallest absolute Gasteiger partial charge is 0.117 e. The van der Waals surface area contributed by atoms with Crippen LogP contribution in [0.3, 0.4) is 0 Å². The number of hydrogen-bond acceptors (Lipinski definition) is 1. The van der Waals surface area contributed by atoms with Gasteiger partial charge >= 0.3 is 0 Å². The number of hydrogen-bond donors (Lipinski definition) is 0. The Hall–Kier alpha value is -1.30. The van der Waals surface area contributed by atoms with E-state index in [4.69, 9.17) is 13.1 Å². The highest BCUT2D eigenvalue weighted by Gasteiger charge is 1.95. The average molecular weight is 131 g/mol. The minimum Gasteiger partial charge on any atom is -0.208 e. The molecule has 0 aliphatic rings. The average Bonchev–Trinajstić information content (AvgIpc) is 1.95. The summed E-state index contributed by atoms with van der Waals surface area (Å²) in [5.74, 6) is -0.543. The van der Waals surface area contributed by atoms with Gasteiger partial charge < -0.3 is 0 Å². The van der Waals surface area contributed by atoms with E-state index in [1.54, 1.807) is 6.07 Å². The highest BCUT2D eigenvalue weighted by molar-refractivity contribution is 6.32. The van der Waals surface area contributed by atoms with Gasteiger partial charge in [0.2, 0.25) is 0 Å². The Morgan fingerprint density at radius 3 is 2.70 bits per heavy atom. The lowest BCUT2D eigenvalue weighted by Gasteiger charge is -1.93. The third-order valence-corrected chi connectivity index (χ3v) is 1.13. The van der Waals surface area contributed by atoms with E-state index in [0.717, 1.165) is 6.07 Å². The van der Waals surface area contributed by atoms with Crippen LogP contribution < -0.4 is 5.46 Å². The van der Waals surface area contributed by atoms with Crippen LogP contribution in [-0.2, 0) is 0 Å². The summed E-state index contributed by atoms with van der Waals surface area (Å²) in [4.78, 5) is 0. The third-order valence-electron chi connectivity index (χ3n) is 1.13. The van der Waals surface area contributed by atoms with Gasteiger partial charge in [0.05, 0.1) is 11.6 Å². The number of nitriles is 1. The highest BCUT2D eigenvalue weighted by atomic mass is 19.1. The molecule has 0 saturated carbocycles. The van der Waals surface area contributed by atoms with E-state index >= 15 is 0 Å². The maximum atomic E-state index is 12.5. The van der Waals surface area contributed by atoms with Crippen molar-refractivity contribution in [3.05, 3.63) is 29.6 Å². The van der Waals surface area contributed by atoms with Crippen molar-refractivity contribution in [2.45, 2.75) is 0 Å². The van der Waals surface area contributed by atoms with Gasteiger partial charge in [-0.25, -0.2) is 4.39 Å². The van der Waals surface area contributed by atoms with E-state index in [-0.39, 0.29) is 11.0 Å². The maximum absolute atomic E-state index is 12.5. The minimum absolute atomic E-state index is 0.0685. The first-order valence-corrected chi connectivity index (χ1v) is 2.69. The largest absolute Gasteiger partial charge is 0.208 e. The lowest BCUT2D eigenvalue weighted by molar-refractivity contribution is 0.635. The number of nitrogens with zero attached hydrogens (tertiary/aromatic N) is 1. The minimum atomic E-state index is -0.543. The molecule has 0 N–H and O–H groups in total. The molecule has 1 aromatic rings. The van der Waals surface area contributed by atoms with E-state index in [2.05, 4.69) is 0 Å². The van der Waals surface area contributed by atoms with Crippen molar-refractivity contribution in [1.82, 2.24) is 0 Å². The number of rotatable bonds is 0. The van der Waals surface area contributed by atoms with Gasteiger partial charge in [-0.3, -0.25) is 0 Å². The summed E-state index contributed by atoms with van der Waals surface area (Å²) < 4.78 is 12.5. The monoisotopic (exact) mass is 131 g/mol. The summed E-state index contributed by atoms with van der Waals surface area (Å²) in [6.45, 7) is 0. The first-order chi connectivity index (χ1) is 4.74. The summed E-state index contributed by atoms with van der Waals surface area (Å²) >= 11 is 0. The second kappa shape index (κ2) is 2.53.